The van der Waals surface area contributed by atoms with Crippen LogP contribution in [-0.4, -0.2) is 11.7 Å². The summed E-state index contributed by atoms with van der Waals surface area (Å²) in [5.41, 5.74) is 6.49. The number of hydrogen-bond donors (Lipinski definition) is 2. The summed E-state index contributed by atoms with van der Waals surface area (Å²) in [6.45, 7) is 4.58. The van der Waals surface area contributed by atoms with E-state index in [1.165, 1.54) is 0 Å². The molecule has 0 aromatic heterocycles. The summed E-state index contributed by atoms with van der Waals surface area (Å²) in [6.07, 6.45) is -0.560. The lowest BCUT2D eigenvalue weighted by molar-refractivity contribution is 0.0861. The molecule has 4 heteroatoms. The summed E-state index contributed by atoms with van der Waals surface area (Å²) in [6, 6.07) is 5.49. The van der Waals surface area contributed by atoms with Gasteiger partial charge in [0.25, 0.3) is 0 Å². The third-order valence-corrected chi connectivity index (χ3v) is 4.05. The van der Waals surface area contributed by atoms with Gasteiger partial charge < -0.3 is 10.8 Å². The molecular weight excluding hydrogens is 289 g/mol. The minimum Gasteiger partial charge on any atom is -0.388 e. The van der Waals surface area contributed by atoms with Crippen molar-refractivity contribution in [3.63, 3.8) is 0 Å². The molecule has 2 nitrogen and oxygen atoms in total. The van der Waals surface area contributed by atoms with Crippen LogP contribution in [0.4, 0.5) is 0 Å². The molecule has 0 aliphatic carbocycles. The normalized spacial score (nSPS) is 15.2. The van der Waals surface area contributed by atoms with Crippen LogP contribution in [0.15, 0.2) is 22.7 Å². The van der Waals surface area contributed by atoms with Gasteiger partial charge in [-0.25, -0.2) is 0 Å². The standard InChI is InChI=1S/C12H17BrClNO/c1-7(2)9(6-15)12(16)8-3-4-10(13)11(14)5-8/h3-5,7,9,12,16H,6,15H2,1-2H3. The predicted octanol–water partition coefficient (Wildman–Crippen LogP) is 3.37. The van der Waals surface area contributed by atoms with E-state index in [-0.39, 0.29) is 5.92 Å². The van der Waals surface area contributed by atoms with Crippen LogP contribution in [0.2, 0.25) is 5.02 Å². The quantitative estimate of drug-likeness (QED) is 0.896. The second-order valence-electron chi connectivity index (χ2n) is 4.26. The molecule has 0 aliphatic rings. The van der Waals surface area contributed by atoms with Gasteiger partial charge >= 0.3 is 0 Å². The highest BCUT2D eigenvalue weighted by Crippen LogP contribution is 2.31. The van der Waals surface area contributed by atoms with E-state index in [9.17, 15) is 5.11 Å². The van der Waals surface area contributed by atoms with E-state index in [0.717, 1.165) is 10.0 Å². The fourth-order valence-electron chi connectivity index (χ4n) is 1.71. The summed E-state index contributed by atoms with van der Waals surface area (Å²) < 4.78 is 0.832. The first kappa shape index (κ1) is 14.0. The Morgan fingerprint density at radius 3 is 2.50 bits per heavy atom. The number of hydrogen-bond acceptors (Lipinski definition) is 2. The lowest BCUT2D eigenvalue weighted by Crippen LogP contribution is -2.26. The van der Waals surface area contributed by atoms with E-state index in [1.807, 2.05) is 12.1 Å². The van der Waals surface area contributed by atoms with Crippen molar-refractivity contribution >= 4 is 27.5 Å². The molecule has 90 valence electrons. The molecule has 1 aromatic rings. The molecule has 0 amide bonds. The maximum atomic E-state index is 10.2. The maximum Gasteiger partial charge on any atom is 0.0833 e. The van der Waals surface area contributed by atoms with Gasteiger partial charge in [0, 0.05) is 10.4 Å². The van der Waals surface area contributed by atoms with Crippen molar-refractivity contribution in [2.24, 2.45) is 17.6 Å². The summed E-state index contributed by atoms with van der Waals surface area (Å²) in [4.78, 5) is 0. The largest absolute Gasteiger partial charge is 0.388 e. The SMILES string of the molecule is CC(C)C(CN)C(O)c1ccc(Br)c(Cl)c1. The molecular formula is C12H17BrClNO. The van der Waals surface area contributed by atoms with Gasteiger partial charge in [0.15, 0.2) is 0 Å². The Hall–Kier alpha value is -0.0900. The Bertz CT molecular complexity index is 357. The monoisotopic (exact) mass is 305 g/mol. The van der Waals surface area contributed by atoms with Crippen LogP contribution in [0.3, 0.4) is 0 Å². The van der Waals surface area contributed by atoms with Crippen molar-refractivity contribution in [3.05, 3.63) is 33.3 Å². The second-order valence-corrected chi connectivity index (χ2v) is 5.52. The maximum absolute atomic E-state index is 10.2. The van der Waals surface area contributed by atoms with Gasteiger partial charge in [0.1, 0.15) is 0 Å². The zero-order valence-corrected chi connectivity index (χ0v) is 11.8. The van der Waals surface area contributed by atoms with E-state index < -0.39 is 6.10 Å². The molecule has 0 spiro atoms. The predicted molar refractivity (Wildman–Crippen MR) is 71.5 cm³/mol. The van der Waals surface area contributed by atoms with Gasteiger partial charge in [-0.1, -0.05) is 31.5 Å². The van der Waals surface area contributed by atoms with Gasteiger partial charge in [0.05, 0.1) is 11.1 Å². The van der Waals surface area contributed by atoms with Crippen molar-refractivity contribution in [1.29, 1.82) is 0 Å². The molecule has 0 radical (unpaired) electrons. The van der Waals surface area contributed by atoms with Gasteiger partial charge in [0.2, 0.25) is 0 Å². The molecule has 0 fully saturated rings. The molecule has 2 atom stereocenters. The van der Waals surface area contributed by atoms with Crippen LogP contribution in [0.5, 0.6) is 0 Å². The van der Waals surface area contributed by atoms with Crippen LogP contribution >= 0.6 is 27.5 Å². The fraction of sp³-hybridized carbons (Fsp3) is 0.500. The number of aliphatic hydroxyl groups excluding tert-OH is 1. The zero-order valence-electron chi connectivity index (χ0n) is 9.45. The van der Waals surface area contributed by atoms with E-state index in [0.29, 0.717) is 17.5 Å². The van der Waals surface area contributed by atoms with Gasteiger partial charge in [-0.15, -0.1) is 0 Å². The highest BCUT2D eigenvalue weighted by molar-refractivity contribution is 9.10. The molecule has 0 heterocycles. The van der Waals surface area contributed by atoms with Crippen molar-refractivity contribution < 1.29 is 5.11 Å². The number of nitrogens with two attached hydrogens (primary N) is 1. The van der Waals surface area contributed by atoms with Crippen molar-refractivity contribution in [3.8, 4) is 0 Å². The Balaban J connectivity index is 2.94. The smallest absolute Gasteiger partial charge is 0.0833 e. The van der Waals surface area contributed by atoms with E-state index in [4.69, 9.17) is 17.3 Å². The number of aliphatic hydroxyl groups is 1. The minimum absolute atomic E-state index is 0.0530. The van der Waals surface area contributed by atoms with Crippen molar-refractivity contribution in [2.45, 2.75) is 20.0 Å². The Morgan fingerprint density at radius 1 is 1.44 bits per heavy atom. The molecule has 0 saturated heterocycles. The summed E-state index contributed by atoms with van der Waals surface area (Å²) >= 11 is 9.32. The fourth-order valence-corrected chi connectivity index (χ4v) is 2.14. The molecule has 0 bridgehead atoms. The second kappa shape index (κ2) is 6.01. The first-order valence-electron chi connectivity index (χ1n) is 5.30. The highest BCUT2D eigenvalue weighted by atomic mass is 79.9. The molecule has 3 N–H and O–H groups in total. The van der Waals surface area contributed by atoms with Crippen LogP contribution < -0.4 is 5.73 Å². The topological polar surface area (TPSA) is 46.2 Å². The van der Waals surface area contributed by atoms with Crippen molar-refractivity contribution in [2.75, 3.05) is 6.54 Å². The average molecular weight is 307 g/mol. The lowest BCUT2D eigenvalue weighted by atomic mass is 9.87. The van der Waals surface area contributed by atoms with Crippen LogP contribution in [0.1, 0.15) is 25.5 Å². The highest BCUT2D eigenvalue weighted by Gasteiger charge is 2.23. The van der Waals surface area contributed by atoms with Crippen LogP contribution in [-0.2, 0) is 0 Å². The Labute approximate surface area is 110 Å². The first-order chi connectivity index (χ1) is 7.47. The molecule has 1 rings (SSSR count). The zero-order chi connectivity index (χ0) is 12.3. The third-order valence-electron chi connectivity index (χ3n) is 2.82. The lowest BCUT2D eigenvalue weighted by Gasteiger charge is -2.25. The third kappa shape index (κ3) is 3.20. The van der Waals surface area contributed by atoms with Crippen molar-refractivity contribution in [1.82, 2.24) is 0 Å². The number of benzene rings is 1. The molecule has 0 saturated carbocycles. The number of halogens is 2. The molecule has 1 aromatic carbocycles. The van der Waals surface area contributed by atoms with Crippen LogP contribution in [0, 0.1) is 11.8 Å². The van der Waals surface area contributed by atoms with Gasteiger partial charge in [-0.3, -0.25) is 0 Å². The van der Waals surface area contributed by atoms with E-state index in [2.05, 4.69) is 29.8 Å². The summed E-state index contributed by atoms with van der Waals surface area (Å²) in [5.74, 6) is 0.389. The summed E-state index contributed by atoms with van der Waals surface area (Å²) in [7, 11) is 0. The Kier molecular flexibility index (Phi) is 5.25. The molecule has 16 heavy (non-hydrogen) atoms. The molecule has 2 unspecified atom stereocenters. The first-order valence-corrected chi connectivity index (χ1v) is 6.47. The summed E-state index contributed by atoms with van der Waals surface area (Å²) in [5, 5.41) is 10.8. The number of rotatable bonds is 4. The average Bonchev–Trinajstić information content (AvgIpc) is 2.22. The van der Waals surface area contributed by atoms with E-state index in [1.54, 1.807) is 6.07 Å². The van der Waals surface area contributed by atoms with E-state index >= 15 is 0 Å². The minimum atomic E-state index is -0.560. The van der Waals surface area contributed by atoms with Gasteiger partial charge in [-0.05, 0) is 46.1 Å². The van der Waals surface area contributed by atoms with Crippen LogP contribution in [0.25, 0.3) is 0 Å². The Morgan fingerprint density at radius 2 is 2.06 bits per heavy atom. The molecule has 0 aliphatic heterocycles. The van der Waals surface area contributed by atoms with Gasteiger partial charge in [-0.2, -0.15) is 0 Å².